The molecule has 0 aliphatic carbocycles. The van der Waals surface area contributed by atoms with E-state index in [1.807, 2.05) is 6.07 Å². The Morgan fingerprint density at radius 1 is 1.20 bits per heavy atom. The molecule has 1 atom stereocenters. The van der Waals surface area contributed by atoms with Crippen LogP contribution >= 0.6 is 0 Å². The molecule has 2 nitrogen and oxygen atoms in total. The van der Waals surface area contributed by atoms with Gasteiger partial charge in [0.2, 0.25) is 0 Å². The van der Waals surface area contributed by atoms with Crippen LogP contribution in [0.2, 0.25) is 0 Å². The van der Waals surface area contributed by atoms with Crippen molar-refractivity contribution in [2.24, 2.45) is 0 Å². The summed E-state index contributed by atoms with van der Waals surface area (Å²) in [5, 5.41) is 19.1. The van der Waals surface area contributed by atoms with Gasteiger partial charge in [-0.2, -0.15) is 0 Å². The quantitative estimate of drug-likeness (QED) is 0.703. The van der Waals surface area contributed by atoms with Crippen LogP contribution in [0, 0.1) is 0 Å². The maximum Gasteiger partial charge on any atom is 0.115 e. The molecular weight excluding hydrogens is 188 g/mol. The van der Waals surface area contributed by atoms with E-state index in [2.05, 4.69) is 6.92 Å². The topological polar surface area (TPSA) is 40.5 Å². The highest BCUT2D eigenvalue weighted by atomic mass is 16.3. The molecule has 0 aliphatic heterocycles. The lowest BCUT2D eigenvalue weighted by atomic mass is 10.0. The zero-order chi connectivity index (χ0) is 11.1. The lowest BCUT2D eigenvalue weighted by Gasteiger charge is -2.10. The van der Waals surface area contributed by atoms with Crippen molar-refractivity contribution in [2.75, 3.05) is 0 Å². The Labute approximate surface area is 91.6 Å². The van der Waals surface area contributed by atoms with E-state index >= 15 is 0 Å². The summed E-state index contributed by atoms with van der Waals surface area (Å²) in [4.78, 5) is 0. The lowest BCUT2D eigenvalue weighted by molar-refractivity contribution is 0.163. The molecule has 1 aromatic rings. The van der Waals surface area contributed by atoms with Crippen molar-refractivity contribution in [3.05, 3.63) is 29.8 Å². The van der Waals surface area contributed by atoms with Gasteiger partial charge in [0.05, 0.1) is 6.10 Å². The van der Waals surface area contributed by atoms with Gasteiger partial charge in [-0.25, -0.2) is 0 Å². The third kappa shape index (κ3) is 4.34. The number of aliphatic hydroxyl groups is 1. The van der Waals surface area contributed by atoms with E-state index in [0.717, 1.165) is 18.4 Å². The number of aliphatic hydroxyl groups excluding tert-OH is 1. The van der Waals surface area contributed by atoms with Gasteiger partial charge in [0.15, 0.2) is 0 Å². The van der Waals surface area contributed by atoms with E-state index in [0.29, 0.717) is 0 Å². The summed E-state index contributed by atoms with van der Waals surface area (Å²) in [7, 11) is 0. The molecule has 2 N–H and O–H groups in total. The number of hydrogen-bond acceptors (Lipinski definition) is 2. The van der Waals surface area contributed by atoms with E-state index in [1.165, 1.54) is 19.3 Å². The fourth-order valence-electron chi connectivity index (χ4n) is 1.66. The van der Waals surface area contributed by atoms with Gasteiger partial charge in [-0.1, -0.05) is 44.7 Å². The van der Waals surface area contributed by atoms with Crippen molar-refractivity contribution in [2.45, 2.75) is 45.1 Å². The number of phenolic OH excluding ortho intramolecular Hbond substituents is 1. The Morgan fingerprint density at radius 3 is 2.67 bits per heavy atom. The van der Waals surface area contributed by atoms with Gasteiger partial charge in [0.25, 0.3) is 0 Å². The molecule has 0 heterocycles. The highest BCUT2D eigenvalue weighted by Gasteiger charge is 2.07. The summed E-state index contributed by atoms with van der Waals surface area (Å²) < 4.78 is 0. The molecule has 0 radical (unpaired) electrons. The molecule has 0 aliphatic rings. The first-order valence-corrected chi connectivity index (χ1v) is 5.71. The molecule has 0 bridgehead atoms. The number of rotatable bonds is 6. The highest BCUT2D eigenvalue weighted by molar-refractivity contribution is 5.28. The van der Waals surface area contributed by atoms with Crippen LogP contribution in [-0.4, -0.2) is 10.2 Å². The van der Waals surface area contributed by atoms with E-state index < -0.39 is 6.10 Å². The Hall–Kier alpha value is -1.02. The van der Waals surface area contributed by atoms with Crippen LogP contribution in [0.15, 0.2) is 24.3 Å². The molecule has 0 fully saturated rings. The third-order valence-corrected chi connectivity index (χ3v) is 2.59. The molecule has 0 amide bonds. The number of hydrogen-bond donors (Lipinski definition) is 2. The Balaban J connectivity index is 2.36. The molecule has 84 valence electrons. The Morgan fingerprint density at radius 2 is 2.00 bits per heavy atom. The standard InChI is InChI=1S/C13H20O2/c1-2-3-4-5-9-13(15)11-7-6-8-12(14)10-11/h6-8,10,13-15H,2-5,9H2,1H3. The van der Waals surface area contributed by atoms with Crippen molar-refractivity contribution >= 4 is 0 Å². The largest absolute Gasteiger partial charge is 0.508 e. The van der Waals surface area contributed by atoms with E-state index in [9.17, 15) is 10.2 Å². The number of aromatic hydroxyl groups is 1. The van der Waals surface area contributed by atoms with Crippen LogP contribution in [0.3, 0.4) is 0 Å². The van der Waals surface area contributed by atoms with Crippen molar-refractivity contribution in [1.82, 2.24) is 0 Å². The van der Waals surface area contributed by atoms with Crippen LogP contribution in [0.25, 0.3) is 0 Å². The van der Waals surface area contributed by atoms with E-state index in [1.54, 1.807) is 18.2 Å². The van der Waals surface area contributed by atoms with Gasteiger partial charge >= 0.3 is 0 Å². The molecule has 1 unspecified atom stereocenters. The zero-order valence-electron chi connectivity index (χ0n) is 9.32. The predicted molar refractivity (Wildman–Crippen MR) is 61.8 cm³/mol. The minimum Gasteiger partial charge on any atom is -0.508 e. The normalized spacial score (nSPS) is 12.7. The van der Waals surface area contributed by atoms with Gasteiger partial charge in [0, 0.05) is 0 Å². The average Bonchev–Trinajstić information content (AvgIpc) is 2.24. The molecular formula is C13H20O2. The summed E-state index contributed by atoms with van der Waals surface area (Å²) in [5.41, 5.74) is 0.812. The molecule has 1 aromatic carbocycles. The maximum atomic E-state index is 9.83. The Bertz CT molecular complexity index is 284. The first-order valence-electron chi connectivity index (χ1n) is 5.71. The molecule has 0 spiro atoms. The second-order valence-electron chi connectivity index (χ2n) is 3.96. The number of unbranched alkanes of at least 4 members (excludes halogenated alkanes) is 3. The lowest BCUT2D eigenvalue weighted by Crippen LogP contribution is -1.96. The first-order chi connectivity index (χ1) is 7.24. The highest BCUT2D eigenvalue weighted by Crippen LogP contribution is 2.22. The second-order valence-corrected chi connectivity index (χ2v) is 3.96. The fraction of sp³-hybridized carbons (Fsp3) is 0.538. The van der Waals surface area contributed by atoms with Gasteiger partial charge in [-0.05, 0) is 24.1 Å². The molecule has 1 rings (SSSR count). The fourth-order valence-corrected chi connectivity index (χ4v) is 1.66. The van der Waals surface area contributed by atoms with Crippen LogP contribution in [0.4, 0.5) is 0 Å². The Kier molecular flexibility index (Phi) is 5.19. The van der Waals surface area contributed by atoms with Crippen molar-refractivity contribution in [1.29, 1.82) is 0 Å². The molecule has 15 heavy (non-hydrogen) atoms. The van der Waals surface area contributed by atoms with Gasteiger partial charge < -0.3 is 10.2 Å². The summed E-state index contributed by atoms with van der Waals surface area (Å²) in [6, 6.07) is 6.86. The first kappa shape index (κ1) is 12.1. The van der Waals surface area contributed by atoms with Crippen LogP contribution in [0.5, 0.6) is 5.75 Å². The molecule has 2 heteroatoms. The molecule has 0 aromatic heterocycles. The number of phenols is 1. The third-order valence-electron chi connectivity index (χ3n) is 2.59. The minimum absolute atomic E-state index is 0.222. The average molecular weight is 208 g/mol. The predicted octanol–water partition coefficient (Wildman–Crippen LogP) is 3.40. The minimum atomic E-state index is -0.436. The smallest absolute Gasteiger partial charge is 0.115 e. The van der Waals surface area contributed by atoms with Gasteiger partial charge in [0.1, 0.15) is 5.75 Å². The molecule has 0 saturated carbocycles. The zero-order valence-corrected chi connectivity index (χ0v) is 9.32. The van der Waals surface area contributed by atoms with Crippen molar-refractivity contribution < 1.29 is 10.2 Å². The van der Waals surface area contributed by atoms with Crippen LogP contribution < -0.4 is 0 Å². The maximum absolute atomic E-state index is 9.83. The van der Waals surface area contributed by atoms with Gasteiger partial charge in [-0.15, -0.1) is 0 Å². The second kappa shape index (κ2) is 6.46. The molecule has 0 saturated heterocycles. The van der Waals surface area contributed by atoms with Crippen LogP contribution in [0.1, 0.15) is 50.7 Å². The van der Waals surface area contributed by atoms with Crippen LogP contribution in [-0.2, 0) is 0 Å². The van der Waals surface area contributed by atoms with Crippen molar-refractivity contribution in [3.8, 4) is 5.75 Å². The monoisotopic (exact) mass is 208 g/mol. The van der Waals surface area contributed by atoms with Gasteiger partial charge in [-0.3, -0.25) is 0 Å². The number of benzene rings is 1. The SMILES string of the molecule is CCCCCCC(O)c1cccc(O)c1. The van der Waals surface area contributed by atoms with Crippen molar-refractivity contribution in [3.63, 3.8) is 0 Å². The van der Waals surface area contributed by atoms with E-state index in [4.69, 9.17) is 0 Å². The summed E-state index contributed by atoms with van der Waals surface area (Å²) in [6.07, 6.45) is 5.00. The summed E-state index contributed by atoms with van der Waals surface area (Å²) in [6.45, 7) is 2.17. The summed E-state index contributed by atoms with van der Waals surface area (Å²) >= 11 is 0. The summed E-state index contributed by atoms with van der Waals surface area (Å²) in [5.74, 6) is 0.222. The van der Waals surface area contributed by atoms with E-state index in [-0.39, 0.29) is 5.75 Å².